The van der Waals surface area contributed by atoms with E-state index in [1.165, 1.54) is 25.5 Å². The molecule has 0 saturated carbocycles. The van der Waals surface area contributed by atoms with E-state index in [9.17, 15) is 35.9 Å². The summed E-state index contributed by atoms with van der Waals surface area (Å²) in [5.41, 5.74) is 7.25. The number of likely N-dealkylation sites (tertiary alicyclic amines) is 1. The summed E-state index contributed by atoms with van der Waals surface area (Å²) in [4.78, 5) is 45.3. The Morgan fingerprint density at radius 1 is 1.10 bits per heavy atom. The summed E-state index contributed by atoms with van der Waals surface area (Å²) in [5.74, 6) is -4.02. The second kappa shape index (κ2) is 23.3. The molecule has 1 aromatic rings. The first-order chi connectivity index (χ1) is 22.8. The Morgan fingerprint density at radius 3 is 2.10 bits per heavy atom. The van der Waals surface area contributed by atoms with Crippen LogP contribution in [0.3, 0.4) is 0 Å². The number of halogens is 6. The third-order valence-corrected chi connectivity index (χ3v) is 7.61. The maximum atomic E-state index is 13.3. The molecular formula is C30H43F6N3O8S2. The molecule has 1 saturated heterocycles. The molecule has 0 unspecified atom stereocenters. The van der Waals surface area contributed by atoms with Gasteiger partial charge in [-0.1, -0.05) is 37.6 Å². The van der Waals surface area contributed by atoms with E-state index < -0.39 is 42.3 Å². The van der Waals surface area contributed by atoms with E-state index in [0.29, 0.717) is 31.7 Å². The number of methoxy groups -OCH3 is 1. The monoisotopic (exact) mass is 751 g/mol. The molecule has 1 fully saturated rings. The summed E-state index contributed by atoms with van der Waals surface area (Å²) in [6.07, 6.45) is -0.00656. The average Bonchev–Trinajstić information content (AvgIpc) is 3.44. The zero-order chi connectivity index (χ0) is 37.8. The Hall–Kier alpha value is -3.16. The lowest BCUT2D eigenvalue weighted by atomic mass is 10.1. The number of benzene rings is 1. The fraction of sp³-hybridized carbons (Fsp3) is 0.600. The molecule has 4 atom stereocenters. The Balaban J connectivity index is 0.00000137. The molecule has 0 aliphatic carbocycles. The van der Waals surface area contributed by atoms with Gasteiger partial charge in [0.05, 0.1) is 13.2 Å². The SMILES string of the molecule is CCCCc1ccc(O[C@H]2C[C@@H](C(=O)N[C@@H](CCSC)C(=O)OC)N(C/C=C/[C@@H](N)CS)C2)cc1.O=C(O)C(F)(F)F.O=C(O)C(F)(F)F. The maximum Gasteiger partial charge on any atom is 0.490 e. The van der Waals surface area contributed by atoms with Crippen molar-refractivity contribution in [3.05, 3.63) is 42.0 Å². The Bertz CT molecular complexity index is 1170. The number of thiol groups is 1. The number of esters is 1. The number of thioether (sulfide) groups is 1. The van der Waals surface area contributed by atoms with Gasteiger partial charge in [0.2, 0.25) is 5.91 Å². The van der Waals surface area contributed by atoms with Gasteiger partial charge in [0.15, 0.2) is 0 Å². The molecule has 1 heterocycles. The largest absolute Gasteiger partial charge is 0.490 e. The van der Waals surface area contributed by atoms with Crippen LogP contribution in [-0.4, -0.2) is 113 Å². The predicted molar refractivity (Wildman–Crippen MR) is 175 cm³/mol. The first kappa shape index (κ1) is 45.8. The van der Waals surface area contributed by atoms with Crippen molar-refractivity contribution in [1.29, 1.82) is 0 Å². The number of ether oxygens (including phenoxy) is 2. The lowest BCUT2D eigenvalue weighted by Crippen LogP contribution is -2.50. The number of carbonyl (C=O) groups is 4. The highest BCUT2D eigenvalue weighted by molar-refractivity contribution is 7.98. The topological polar surface area (TPSA) is 168 Å². The first-order valence-corrected chi connectivity index (χ1v) is 16.8. The number of hydrogen-bond donors (Lipinski definition) is 5. The van der Waals surface area contributed by atoms with Gasteiger partial charge in [-0.3, -0.25) is 9.69 Å². The zero-order valence-corrected chi connectivity index (χ0v) is 28.8. The van der Waals surface area contributed by atoms with Crippen LogP contribution in [0.25, 0.3) is 0 Å². The number of carboxylic acid groups (broad SMARTS) is 2. The molecule has 2 rings (SSSR count). The molecule has 1 amide bonds. The first-order valence-electron chi connectivity index (χ1n) is 14.8. The van der Waals surface area contributed by atoms with Gasteiger partial charge < -0.3 is 30.7 Å². The van der Waals surface area contributed by atoms with Gasteiger partial charge in [-0.2, -0.15) is 50.7 Å². The van der Waals surface area contributed by atoms with Gasteiger partial charge in [-0.25, -0.2) is 14.4 Å². The molecule has 0 aromatic heterocycles. The van der Waals surface area contributed by atoms with Gasteiger partial charge in [0.1, 0.15) is 17.9 Å². The molecule has 1 aliphatic heterocycles. The highest BCUT2D eigenvalue weighted by Crippen LogP contribution is 2.24. The zero-order valence-electron chi connectivity index (χ0n) is 27.1. The van der Waals surface area contributed by atoms with Crippen molar-refractivity contribution in [3.8, 4) is 5.75 Å². The number of alkyl halides is 6. The highest BCUT2D eigenvalue weighted by atomic mass is 32.2. The summed E-state index contributed by atoms with van der Waals surface area (Å²) >= 11 is 5.84. The Morgan fingerprint density at radius 2 is 1.65 bits per heavy atom. The number of amides is 1. The molecule has 0 radical (unpaired) electrons. The quantitative estimate of drug-likeness (QED) is 0.0749. The van der Waals surface area contributed by atoms with Crippen LogP contribution < -0.4 is 15.8 Å². The second-order valence-corrected chi connectivity index (χ2v) is 11.8. The van der Waals surface area contributed by atoms with E-state index in [0.717, 1.165) is 17.9 Å². The van der Waals surface area contributed by atoms with Gasteiger partial charge >= 0.3 is 30.3 Å². The third kappa shape index (κ3) is 19.6. The van der Waals surface area contributed by atoms with Crippen molar-refractivity contribution in [2.75, 3.05) is 38.0 Å². The number of unbranched alkanes of at least 4 members (excludes halogenated alkanes) is 1. The van der Waals surface area contributed by atoms with Crippen molar-refractivity contribution >= 4 is 48.2 Å². The van der Waals surface area contributed by atoms with Gasteiger partial charge in [0.25, 0.3) is 0 Å². The van der Waals surface area contributed by atoms with E-state index in [1.54, 1.807) is 11.8 Å². The van der Waals surface area contributed by atoms with Crippen molar-refractivity contribution in [3.63, 3.8) is 0 Å². The lowest BCUT2D eigenvalue weighted by Gasteiger charge is -2.24. The summed E-state index contributed by atoms with van der Waals surface area (Å²) in [6.45, 7) is 3.35. The minimum Gasteiger partial charge on any atom is -0.489 e. The summed E-state index contributed by atoms with van der Waals surface area (Å²) in [7, 11) is 1.34. The Labute approximate surface area is 290 Å². The second-order valence-electron chi connectivity index (χ2n) is 10.4. The average molecular weight is 752 g/mol. The number of carbonyl (C=O) groups excluding carboxylic acids is 2. The molecule has 280 valence electrons. The third-order valence-electron chi connectivity index (χ3n) is 6.54. The summed E-state index contributed by atoms with van der Waals surface area (Å²) in [6, 6.07) is 7.01. The minimum absolute atomic E-state index is 0.137. The number of hydrogen-bond acceptors (Lipinski definition) is 10. The van der Waals surface area contributed by atoms with E-state index in [-0.39, 0.29) is 18.1 Å². The molecular weight excluding hydrogens is 708 g/mol. The fourth-order valence-electron chi connectivity index (χ4n) is 4.06. The number of nitrogens with zero attached hydrogens (tertiary/aromatic N) is 1. The van der Waals surface area contributed by atoms with E-state index in [2.05, 4.69) is 41.9 Å². The van der Waals surface area contributed by atoms with Crippen molar-refractivity contribution in [2.24, 2.45) is 5.73 Å². The van der Waals surface area contributed by atoms with Crippen molar-refractivity contribution in [1.82, 2.24) is 10.2 Å². The van der Waals surface area contributed by atoms with E-state index in [1.807, 2.05) is 30.5 Å². The van der Waals surface area contributed by atoms with Crippen molar-refractivity contribution in [2.45, 2.75) is 75.6 Å². The smallest absolute Gasteiger partial charge is 0.489 e. The molecule has 0 bridgehead atoms. The minimum atomic E-state index is -5.08. The van der Waals surface area contributed by atoms with E-state index in [4.69, 9.17) is 35.0 Å². The van der Waals surface area contributed by atoms with Crippen molar-refractivity contribution < 1.29 is 65.2 Å². The fourth-order valence-corrected chi connectivity index (χ4v) is 4.65. The van der Waals surface area contributed by atoms with Crippen LogP contribution in [0.15, 0.2) is 36.4 Å². The molecule has 0 spiro atoms. The number of aryl methyl sites for hydroxylation is 1. The number of aliphatic carboxylic acids is 2. The van der Waals surface area contributed by atoms with E-state index >= 15 is 0 Å². The van der Waals surface area contributed by atoms with Gasteiger partial charge in [-0.15, -0.1) is 0 Å². The van der Waals surface area contributed by atoms with Gasteiger partial charge in [0, 0.05) is 31.3 Å². The highest BCUT2D eigenvalue weighted by Gasteiger charge is 2.40. The van der Waals surface area contributed by atoms with Crippen LogP contribution in [-0.2, 0) is 30.3 Å². The number of nitrogens with two attached hydrogens (primary N) is 1. The van der Waals surface area contributed by atoms with Crippen LogP contribution in [0.4, 0.5) is 26.3 Å². The summed E-state index contributed by atoms with van der Waals surface area (Å²) in [5, 5.41) is 17.2. The molecule has 19 heteroatoms. The molecule has 11 nitrogen and oxygen atoms in total. The number of rotatable bonds is 15. The molecule has 1 aromatic carbocycles. The number of nitrogens with one attached hydrogen (secondary N) is 1. The lowest BCUT2D eigenvalue weighted by molar-refractivity contribution is -0.193. The molecule has 1 aliphatic rings. The van der Waals surface area contributed by atoms with Crippen LogP contribution in [0, 0.1) is 0 Å². The standard InChI is InChI=1S/C26H41N3O4S2.2C2HF3O2/c1-4-5-7-19-9-11-21(12-10-19)33-22-16-24(29(17-22)14-6-8-20(27)18-34)25(30)28-23(13-15-35-3)26(31)32-2;2*3-2(4,5)1(6)7/h6,8-12,20,22-24,34H,4-5,7,13-18,27H2,1-3H3,(H,28,30);2*(H,6,7)/b8-6+;;/t20-,22+,23+,24+;;/m1../s1. The van der Waals surface area contributed by atoms with Crippen LogP contribution >= 0.6 is 24.4 Å². The molecule has 49 heavy (non-hydrogen) atoms. The predicted octanol–water partition coefficient (Wildman–Crippen LogP) is 4.34. The van der Waals surface area contributed by atoms with Gasteiger partial charge in [-0.05, 0) is 49.0 Å². The number of carboxylic acids is 2. The molecule has 5 N–H and O–H groups in total. The van der Waals surface area contributed by atoms with Crippen LogP contribution in [0.1, 0.15) is 38.2 Å². The van der Waals surface area contributed by atoms with Crippen LogP contribution in [0.5, 0.6) is 5.75 Å². The van der Waals surface area contributed by atoms with Crippen LogP contribution in [0.2, 0.25) is 0 Å². The maximum absolute atomic E-state index is 13.3. The summed E-state index contributed by atoms with van der Waals surface area (Å²) < 4.78 is 74.6. The Kier molecular flexibility index (Phi) is 21.8. The normalized spacial score (nSPS) is 17.5.